The van der Waals surface area contributed by atoms with Crippen molar-refractivity contribution in [3.05, 3.63) is 62.3 Å². The molecule has 2 unspecified atom stereocenters. The minimum atomic E-state index is -0.980. The summed E-state index contributed by atoms with van der Waals surface area (Å²) in [6.45, 7) is 7.26. The van der Waals surface area contributed by atoms with Gasteiger partial charge in [0.15, 0.2) is 0 Å². The summed E-state index contributed by atoms with van der Waals surface area (Å²) in [6, 6.07) is 4.55. The number of ether oxygens (including phenoxy) is 2. The Bertz CT molecular complexity index is 1120. The maximum absolute atomic E-state index is 13.1. The van der Waals surface area contributed by atoms with E-state index in [1.54, 1.807) is 13.8 Å². The molecule has 10 nitrogen and oxygen atoms in total. The number of aliphatic imine (C=N–C) groups is 1. The van der Waals surface area contributed by atoms with Crippen LogP contribution in [0.25, 0.3) is 0 Å². The van der Waals surface area contributed by atoms with Crippen LogP contribution < -0.4 is 0 Å². The SMILES string of the molecule is COC(=O)C1C(C)=NC(C)=C(C(=O)OCCc2cc(C)[nH]c2C)C1c1ccc([N+](=O)[O-])o1. The predicted octanol–water partition coefficient (Wildman–Crippen LogP) is 3.54. The minimum Gasteiger partial charge on any atom is -0.468 e. The Labute approximate surface area is 184 Å². The fourth-order valence-corrected chi connectivity index (χ4v) is 4.02. The first-order chi connectivity index (χ1) is 15.1. The van der Waals surface area contributed by atoms with Gasteiger partial charge in [0.2, 0.25) is 0 Å². The van der Waals surface area contributed by atoms with E-state index >= 15 is 0 Å². The van der Waals surface area contributed by atoms with Crippen LogP contribution in [0.15, 0.2) is 38.9 Å². The Morgan fingerprint density at radius 3 is 2.53 bits per heavy atom. The molecule has 2 aromatic heterocycles. The number of hydrogen-bond acceptors (Lipinski definition) is 8. The molecule has 170 valence electrons. The molecule has 0 saturated heterocycles. The maximum atomic E-state index is 13.1. The Balaban J connectivity index is 1.92. The number of aromatic amines is 1. The molecule has 1 aliphatic rings. The molecule has 0 aromatic carbocycles. The first-order valence-electron chi connectivity index (χ1n) is 10.0. The van der Waals surface area contributed by atoms with Crippen LogP contribution in [0.2, 0.25) is 0 Å². The molecule has 1 N–H and O–H groups in total. The fourth-order valence-electron chi connectivity index (χ4n) is 4.02. The van der Waals surface area contributed by atoms with Crippen LogP contribution >= 0.6 is 0 Å². The van der Waals surface area contributed by atoms with Gasteiger partial charge in [0.05, 0.1) is 31.3 Å². The van der Waals surface area contributed by atoms with E-state index in [-0.39, 0.29) is 17.9 Å². The second kappa shape index (κ2) is 9.21. The lowest BCUT2D eigenvalue weighted by Gasteiger charge is -2.29. The number of aromatic nitrogens is 1. The van der Waals surface area contributed by atoms with Gasteiger partial charge in [0.25, 0.3) is 0 Å². The van der Waals surface area contributed by atoms with E-state index in [0.29, 0.717) is 17.8 Å². The number of nitrogens with one attached hydrogen (secondary N) is 1. The molecule has 0 saturated carbocycles. The third-order valence-corrected chi connectivity index (χ3v) is 5.46. The van der Waals surface area contributed by atoms with Crippen molar-refractivity contribution in [1.82, 2.24) is 4.98 Å². The van der Waals surface area contributed by atoms with Crippen molar-refractivity contribution < 1.29 is 28.4 Å². The zero-order chi connectivity index (χ0) is 23.6. The van der Waals surface area contributed by atoms with Crippen LogP contribution in [0.4, 0.5) is 5.88 Å². The molecule has 1 aliphatic heterocycles. The van der Waals surface area contributed by atoms with Gasteiger partial charge in [0.1, 0.15) is 16.6 Å². The summed E-state index contributed by atoms with van der Waals surface area (Å²) in [6.07, 6.45) is 0.508. The lowest BCUT2D eigenvalue weighted by molar-refractivity contribution is -0.402. The van der Waals surface area contributed by atoms with Gasteiger partial charge in [0, 0.05) is 29.2 Å². The second-order valence-corrected chi connectivity index (χ2v) is 7.65. The molecular weight excluding hydrogens is 418 g/mol. The van der Waals surface area contributed by atoms with Crippen molar-refractivity contribution in [2.75, 3.05) is 13.7 Å². The highest BCUT2D eigenvalue weighted by molar-refractivity contribution is 6.06. The van der Waals surface area contributed by atoms with Gasteiger partial charge in [-0.3, -0.25) is 19.9 Å². The normalized spacial score (nSPS) is 18.3. The van der Waals surface area contributed by atoms with Crippen LogP contribution in [0.1, 0.15) is 42.5 Å². The molecular formula is C22H25N3O7. The standard InChI is InChI=1S/C22H25N3O7/c1-11-10-15(12(2)23-11)8-9-31-22(27)19-14(4)24-13(3)18(21(26)30-5)20(19)16-6-7-17(32-16)25(28)29/h6-7,10,18,20,23H,8-9H2,1-5H3. The molecule has 3 rings (SSSR count). The maximum Gasteiger partial charge on any atom is 0.433 e. The number of allylic oxidation sites excluding steroid dienone is 1. The zero-order valence-electron chi connectivity index (χ0n) is 18.6. The smallest absolute Gasteiger partial charge is 0.433 e. The highest BCUT2D eigenvalue weighted by Gasteiger charge is 2.44. The lowest BCUT2D eigenvalue weighted by atomic mass is 9.78. The van der Waals surface area contributed by atoms with E-state index in [1.807, 2.05) is 19.9 Å². The van der Waals surface area contributed by atoms with Gasteiger partial charge in [-0.2, -0.15) is 0 Å². The largest absolute Gasteiger partial charge is 0.468 e. The molecule has 10 heteroatoms. The average molecular weight is 443 g/mol. The van der Waals surface area contributed by atoms with Gasteiger partial charge >= 0.3 is 17.8 Å². The highest BCUT2D eigenvalue weighted by atomic mass is 16.6. The average Bonchev–Trinajstić information content (AvgIpc) is 3.33. The molecule has 2 aromatic rings. The summed E-state index contributed by atoms with van der Waals surface area (Å²) in [4.78, 5) is 43.6. The summed E-state index contributed by atoms with van der Waals surface area (Å²) in [5, 5.41) is 11.1. The van der Waals surface area contributed by atoms with Crippen molar-refractivity contribution in [3.8, 4) is 0 Å². The van der Waals surface area contributed by atoms with Gasteiger partial charge in [-0.25, -0.2) is 4.79 Å². The summed E-state index contributed by atoms with van der Waals surface area (Å²) in [5.74, 6) is -3.64. The Morgan fingerprint density at radius 2 is 1.97 bits per heavy atom. The summed E-state index contributed by atoms with van der Waals surface area (Å²) < 4.78 is 15.8. The van der Waals surface area contributed by atoms with Crippen LogP contribution in [0, 0.1) is 29.9 Å². The number of nitrogens with zero attached hydrogens (tertiary/aromatic N) is 2. The van der Waals surface area contributed by atoms with Crippen molar-refractivity contribution in [2.45, 2.75) is 40.0 Å². The topological polar surface area (TPSA) is 137 Å². The van der Waals surface area contributed by atoms with E-state index < -0.39 is 34.6 Å². The Morgan fingerprint density at radius 1 is 1.25 bits per heavy atom. The first kappa shape index (κ1) is 23.0. The molecule has 0 aliphatic carbocycles. The van der Waals surface area contributed by atoms with Gasteiger partial charge in [-0.1, -0.05) is 0 Å². The molecule has 0 spiro atoms. The van der Waals surface area contributed by atoms with Crippen LogP contribution in [0.5, 0.6) is 0 Å². The van der Waals surface area contributed by atoms with Crippen LogP contribution in [-0.4, -0.2) is 41.3 Å². The number of rotatable bonds is 7. The minimum absolute atomic E-state index is 0.0877. The molecule has 2 atom stereocenters. The number of H-pyrrole nitrogens is 1. The Hall–Kier alpha value is -3.69. The summed E-state index contributed by atoms with van der Waals surface area (Å²) >= 11 is 0. The van der Waals surface area contributed by atoms with Gasteiger partial charge in [-0.15, -0.1) is 0 Å². The van der Waals surface area contributed by atoms with E-state index in [2.05, 4.69) is 9.98 Å². The first-order valence-corrected chi connectivity index (χ1v) is 10.0. The fraction of sp³-hybridized carbons (Fsp3) is 0.409. The molecule has 32 heavy (non-hydrogen) atoms. The van der Waals surface area contributed by atoms with E-state index in [1.165, 1.54) is 19.2 Å². The number of hydrogen-bond donors (Lipinski definition) is 1. The number of furan rings is 1. The Kier molecular flexibility index (Phi) is 6.61. The number of aryl methyl sites for hydroxylation is 2. The predicted molar refractivity (Wildman–Crippen MR) is 114 cm³/mol. The van der Waals surface area contributed by atoms with E-state index in [0.717, 1.165) is 17.0 Å². The molecule has 0 amide bonds. The number of carbonyl (C=O) groups excluding carboxylic acids is 2. The van der Waals surface area contributed by atoms with Crippen molar-refractivity contribution in [1.29, 1.82) is 0 Å². The number of esters is 2. The third kappa shape index (κ3) is 4.48. The zero-order valence-corrected chi connectivity index (χ0v) is 18.6. The molecule has 3 heterocycles. The summed E-state index contributed by atoms with van der Waals surface area (Å²) in [5.41, 5.74) is 3.92. The number of methoxy groups -OCH3 is 1. The van der Waals surface area contributed by atoms with Gasteiger partial charge < -0.3 is 18.9 Å². The van der Waals surface area contributed by atoms with Crippen molar-refractivity contribution in [3.63, 3.8) is 0 Å². The lowest BCUT2D eigenvalue weighted by Crippen LogP contribution is -2.36. The quantitative estimate of drug-likeness (QED) is 0.392. The molecule has 0 radical (unpaired) electrons. The van der Waals surface area contributed by atoms with E-state index in [4.69, 9.17) is 13.9 Å². The van der Waals surface area contributed by atoms with Crippen LogP contribution in [0.3, 0.4) is 0 Å². The third-order valence-electron chi connectivity index (χ3n) is 5.46. The monoisotopic (exact) mass is 443 g/mol. The van der Waals surface area contributed by atoms with Crippen molar-refractivity contribution >= 4 is 23.5 Å². The number of carbonyl (C=O) groups is 2. The van der Waals surface area contributed by atoms with E-state index in [9.17, 15) is 19.7 Å². The number of nitro groups is 1. The molecule has 0 bridgehead atoms. The van der Waals surface area contributed by atoms with Crippen LogP contribution in [-0.2, 0) is 25.5 Å². The molecule has 0 fully saturated rings. The highest BCUT2D eigenvalue weighted by Crippen LogP contribution is 2.41. The second-order valence-electron chi connectivity index (χ2n) is 7.65. The van der Waals surface area contributed by atoms with Gasteiger partial charge in [-0.05, 0) is 45.4 Å². The summed E-state index contributed by atoms with van der Waals surface area (Å²) in [7, 11) is 1.22. The van der Waals surface area contributed by atoms with Crippen molar-refractivity contribution in [2.24, 2.45) is 10.9 Å².